The van der Waals surface area contributed by atoms with Gasteiger partial charge >= 0.3 is 0 Å². The first-order chi connectivity index (χ1) is 10.1. The third-order valence-corrected chi connectivity index (χ3v) is 3.73. The van der Waals surface area contributed by atoms with Crippen molar-refractivity contribution in [2.24, 2.45) is 0 Å². The third-order valence-electron chi connectivity index (χ3n) is 3.73. The minimum atomic E-state index is -0.486. The van der Waals surface area contributed by atoms with Crippen LogP contribution in [0.3, 0.4) is 0 Å². The zero-order valence-corrected chi connectivity index (χ0v) is 12.0. The molecule has 1 amide bonds. The Morgan fingerprint density at radius 1 is 1.19 bits per heavy atom. The summed E-state index contributed by atoms with van der Waals surface area (Å²) in [6, 6.07) is 11.8. The zero-order valence-electron chi connectivity index (χ0n) is 12.0. The van der Waals surface area contributed by atoms with E-state index in [4.69, 9.17) is 0 Å². The molecule has 1 heterocycles. The molecule has 2 N–H and O–H groups in total. The van der Waals surface area contributed by atoms with Crippen molar-refractivity contribution in [3.63, 3.8) is 0 Å². The molecule has 3 nitrogen and oxygen atoms in total. The van der Waals surface area contributed by atoms with Crippen LogP contribution in [0.5, 0.6) is 0 Å². The average molecular weight is 284 g/mol. The minimum absolute atomic E-state index is 0.158. The third kappa shape index (κ3) is 2.49. The Hall–Kier alpha value is -2.36. The van der Waals surface area contributed by atoms with Gasteiger partial charge in [-0.05, 0) is 29.7 Å². The van der Waals surface area contributed by atoms with E-state index in [0.29, 0.717) is 11.6 Å². The largest absolute Gasteiger partial charge is 0.370 e. The number of halogens is 1. The summed E-state index contributed by atoms with van der Waals surface area (Å²) in [5.41, 5.74) is 3.41. The van der Waals surface area contributed by atoms with Crippen molar-refractivity contribution in [3.05, 3.63) is 59.4 Å². The van der Waals surface area contributed by atoms with Gasteiger partial charge in [-0.3, -0.25) is 4.79 Å². The molecule has 0 bridgehead atoms. The van der Waals surface area contributed by atoms with Crippen LogP contribution < -0.4 is 10.6 Å². The Kier molecular flexibility index (Phi) is 3.37. The van der Waals surface area contributed by atoms with Gasteiger partial charge in [-0.1, -0.05) is 38.1 Å². The van der Waals surface area contributed by atoms with Crippen LogP contribution in [-0.4, -0.2) is 5.91 Å². The monoisotopic (exact) mass is 284 g/mol. The fraction of sp³-hybridized carbons (Fsp3) is 0.235. The lowest BCUT2D eigenvalue weighted by atomic mass is 10.00. The molecule has 2 aromatic rings. The Bertz CT molecular complexity index is 697. The second kappa shape index (κ2) is 5.20. The Balaban J connectivity index is 1.95. The predicted octanol–water partition coefficient (Wildman–Crippen LogP) is 4.05. The van der Waals surface area contributed by atoms with Crippen LogP contribution in [0.1, 0.15) is 36.9 Å². The fourth-order valence-corrected chi connectivity index (χ4v) is 2.67. The highest BCUT2D eigenvalue weighted by Gasteiger charge is 2.31. The summed E-state index contributed by atoms with van der Waals surface area (Å²) in [5, 5.41) is 6.00. The van der Waals surface area contributed by atoms with Gasteiger partial charge < -0.3 is 10.6 Å². The maximum absolute atomic E-state index is 13.2. The number of hydrogen-bond donors (Lipinski definition) is 2. The lowest BCUT2D eigenvalue weighted by Crippen LogP contribution is -2.20. The molecule has 0 fully saturated rings. The maximum Gasteiger partial charge on any atom is 0.251 e. The topological polar surface area (TPSA) is 41.1 Å². The summed E-state index contributed by atoms with van der Waals surface area (Å²) in [7, 11) is 0. The molecule has 2 aromatic carbocycles. The second-order valence-corrected chi connectivity index (χ2v) is 5.54. The van der Waals surface area contributed by atoms with Crippen molar-refractivity contribution in [2.75, 3.05) is 10.6 Å². The molecule has 3 rings (SSSR count). The maximum atomic E-state index is 13.2. The molecule has 1 aliphatic rings. The number of hydrogen-bond acceptors (Lipinski definition) is 2. The molecule has 21 heavy (non-hydrogen) atoms. The van der Waals surface area contributed by atoms with Gasteiger partial charge in [-0.25, -0.2) is 4.39 Å². The van der Waals surface area contributed by atoms with Gasteiger partial charge in [-0.15, -0.1) is 0 Å². The number of para-hydroxylation sites is 1. The first kappa shape index (κ1) is 13.6. The summed E-state index contributed by atoms with van der Waals surface area (Å²) in [6.07, 6.45) is 0. The SMILES string of the molecule is CC(C)c1ccccc1NC1C(=O)Nc2cc(F)ccc21. The van der Waals surface area contributed by atoms with Gasteiger partial charge in [0.2, 0.25) is 0 Å². The Morgan fingerprint density at radius 2 is 1.95 bits per heavy atom. The van der Waals surface area contributed by atoms with Crippen LogP contribution in [0.15, 0.2) is 42.5 Å². The van der Waals surface area contributed by atoms with Crippen LogP contribution in [-0.2, 0) is 4.79 Å². The lowest BCUT2D eigenvalue weighted by Gasteiger charge is -2.18. The number of rotatable bonds is 3. The number of nitrogens with one attached hydrogen (secondary N) is 2. The first-order valence-corrected chi connectivity index (χ1v) is 7.02. The molecule has 0 aliphatic carbocycles. The second-order valence-electron chi connectivity index (χ2n) is 5.54. The van der Waals surface area contributed by atoms with Gasteiger partial charge in [0.25, 0.3) is 5.91 Å². The highest BCUT2D eigenvalue weighted by molar-refractivity contribution is 6.04. The molecular formula is C17H17FN2O. The lowest BCUT2D eigenvalue weighted by molar-refractivity contribution is -0.116. The Morgan fingerprint density at radius 3 is 2.71 bits per heavy atom. The van der Waals surface area contributed by atoms with E-state index in [-0.39, 0.29) is 11.7 Å². The minimum Gasteiger partial charge on any atom is -0.370 e. The predicted molar refractivity (Wildman–Crippen MR) is 81.9 cm³/mol. The van der Waals surface area contributed by atoms with Crippen molar-refractivity contribution in [1.29, 1.82) is 0 Å². The van der Waals surface area contributed by atoms with E-state index < -0.39 is 6.04 Å². The van der Waals surface area contributed by atoms with Crippen LogP contribution in [0, 0.1) is 5.82 Å². The van der Waals surface area contributed by atoms with Crippen molar-refractivity contribution >= 4 is 17.3 Å². The molecule has 0 saturated heterocycles. The standard InChI is InChI=1S/C17H17FN2O/c1-10(2)12-5-3-4-6-14(12)19-16-13-8-7-11(18)9-15(13)20-17(16)21/h3-10,16,19H,1-2H3,(H,20,21). The van der Waals surface area contributed by atoms with E-state index in [0.717, 1.165) is 16.8 Å². The van der Waals surface area contributed by atoms with Gasteiger partial charge in [0.1, 0.15) is 11.9 Å². The van der Waals surface area contributed by atoms with E-state index >= 15 is 0 Å². The van der Waals surface area contributed by atoms with Gasteiger partial charge in [0, 0.05) is 16.9 Å². The van der Waals surface area contributed by atoms with E-state index in [1.165, 1.54) is 12.1 Å². The molecule has 1 unspecified atom stereocenters. The molecule has 0 saturated carbocycles. The average Bonchev–Trinajstić information content (AvgIpc) is 2.74. The van der Waals surface area contributed by atoms with Crippen molar-refractivity contribution in [2.45, 2.75) is 25.8 Å². The number of anilines is 2. The molecular weight excluding hydrogens is 267 g/mol. The fourth-order valence-electron chi connectivity index (χ4n) is 2.67. The van der Waals surface area contributed by atoms with Crippen molar-refractivity contribution in [1.82, 2.24) is 0 Å². The molecule has 0 spiro atoms. The van der Waals surface area contributed by atoms with Crippen LogP contribution in [0.25, 0.3) is 0 Å². The summed E-state index contributed by atoms with van der Waals surface area (Å²) in [6.45, 7) is 4.22. The summed E-state index contributed by atoms with van der Waals surface area (Å²) in [5.74, 6) is -0.155. The highest BCUT2D eigenvalue weighted by Crippen LogP contribution is 2.35. The molecule has 0 aromatic heterocycles. The highest BCUT2D eigenvalue weighted by atomic mass is 19.1. The van der Waals surface area contributed by atoms with E-state index in [9.17, 15) is 9.18 Å². The summed E-state index contributed by atoms with van der Waals surface area (Å²) in [4.78, 5) is 12.1. The quantitative estimate of drug-likeness (QED) is 0.892. The molecule has 108 valence electrons. The van der Waals surface area contributed by atoms with E-state index in [1.54, 1.807) is 6.07 Å². The van der Waals surface area contributed by atoms with Gasteiger partial charge in [-0.2, -0.15) is 0 Å². The molecule has 4 heteroatoms. The molecule has 1 aliphatic heterocycles. The van der Waals surface area contributed by atoms with Crippen molar-refractivity contribution in [3.8, 4) is 0 Å². The van der Waals surface area contributed by atoms with Crippen LogP contribution >= 0.6 is 0 Å². The number of fused-ring (bicyclic) bond motifs is 1. The normalized spacial score (nSPS) is 16.8. The van der Waals surface area contributed by atoms with Crippen LogP contribution in [0.4, 0.5) is 15.8 Å². The van der Waals surface area contributed by atoms with Crippen molar-refractivity contribution < 1.29 is 9.18 Å². The summed E-state index contributed by atoms with van der Waals surface area (Å²) < 4.78 is 13.2. The summed E-state index contributed by atoms with van der Waals surface area (Å²) >= 11 is 0. The van der Waals surface area contributed by atoms with E-state index in [2.05, 4.69) is 24.5 Å². The molecule has 1 atom stereocenters. The zero-order chi connectivity index (χ0) is 15.0. The number of amides is 1. The molecule has 0 radical (unpaired) electrons. The Labute approximate surface area is 123 Å². The van der Waals surface area contributed by atoms with Crippen LogP contribution in [0.2, 0.25) is 0 Å². The number of carbonyl (C=O) groups excluding carboxylic acids is 1. The number of carbonyl (C=O) groups is 1. The smallest absolute Gasteiger partial charge is 0.251 e. The van der Waals surface area contributed by atoms with E-state index in [1.807, 2.05) is 24.3 Å². The van der Waals surface area contributed by atoms with Gasteiger partial charge in [0.05, 0.1) is 0 Å². The van der Waals surface area contributed by atoms with Gasteiger partial charge in [0.15, 0.2) is 0 Å². The number of benzene rings is 2. The first-order valence-electron chi connectivity index (χ1n) is 7.02.